The van der Waals surface area contributed by atoms with Crippen molar-refractivity contribution in [3.8, 4) is 11.5 Å². The third-order valence-corrected chi connectivity index (χ3v) is 5.81. The van der Waals surface area contributed by atoms with Crippen LogP contribution in [0.1, 0.15) is 40.8 Å². The molecule has 0 aromatic heterocycles. The molecule has 0 aliphatic carbocycles. The van der Waals surface area contributed by atoms with Crippen molar-refractivity contribution in [3.63, 3.8) is 0 Å². The van der Waals surface area contributed by atoms with Gasteiger partial charge in [0, 0.05) is 13.1 Å². The van der Waals surface area contributed by atoms with Gasteiger partial charge in [0.25, 0.3) is 0 Å². The number of ether oxygens (including phenoxy) is 2. The van der Waals surface area contributed by atoms with Crippen LogP contribution in [0.2, 0.25) is 0 Å². The average Bonchev–Trinajstić information content (AvgIpc) is 3.32. The number of carbonyl (C=O) groups excluding carboxylic acids is 1. The summed E-state index contributed by atoms with van der Waals surface area (Å²) in [4.78, 5) is 12.7. The lowest BCUT2D eigenvalue weighted by atomic mass is 9.95. The number of likely N-dealkylation sites (N-methyl/N-ethyl adjacent to an activating group) is 1. The highest BCUT2D eigenvalue weighted by Crippen LogP contribution is 2.36. The SMILES string of the molecule is CNC(=O)[C@H](N[C@@H](CCc1ccc(C(F)(F)F)cc1)c1ccc2c(c1)OCO2)c1ccccc1. The predicted molar refractivity (Wildman–Crippen MR) is 121 cm³/mol. The zero-order valence-electron chi connectivity index (χ0n) is 18.6. The normalized spacial score (nSPS) is 14.5. The summed E-state index contributed by atoms with van der Waals surface area (Å²) in [6.45, 7) is 0.146. The van der Waals surface area contributed by atoms with E-state index in [1.165, 1.54) is 12.1 Å². The molecule has 0 spiro atoms. The van der Waals surface area contributed by atoms with E-state index in [0.717, 1.165) is 28.8 Å². The first-order valence-corrected chi connectivity index (χ1v) is 10.9. The quantitative estimate of drug-likeness (QED) is 0.476. The van der Waals surface area contributed by atoms with Gasteiger partial charge in [0.1, 0.15) is 6.04 Å². The van der Waals surface area contributed by atoms with Gasteiger partial charge in [-0.2, -0.15) is 13.2 Å². The first-order valence-electron chi connectivity index (χ1n) is 10.9. The smallest absolute Gasteiger partial charge is 0.416 e. The number of rotatable bonds is 8. The molecule has 4 rings (SSSR count). The van der Waals surface area contributed by atoms with Crippen LogP contribution in [0.5, 0.6) is 11.5 Å². The van der Waals surface area contributed by atoms with Crippen molar-refractivity contribution in [3.05, 3.63) is 95.1 Å². The van der Waals surface area contributed by atoms with Gasteiger partial charge in [-0.05, 0) is 53.8 Å². The maximum Gasteiger partial charge on any atom is 0.416 e. The van der Waals surface area contributed by atoms with Gasteiger partial charge in [0.15, 0.2) is 11.5 Å². The number of hydrogen-bond acceptors (Lipinski definition) is 4. The van der Waals surface area contributed by atoms with Gasteiger partial charge in [-0.3, -0.25) is 10.1 Å². The van der Waals surface area contributed by atoms with Gasteiger partial charge in [-0.25, -0.2) is 0 Å². The van der Waals surface area contributed by atoms with Crippen LogP contribution in [0.4, 0.5) is 13.2 Å². The molecular weight excluding hydrogens is 445 g/mol. The molecule has 2 N–H and O–H groups in total. The van der Waals surface area contributed by atoms with Crippen molar-refractivity contribution in [1.29, 1.82) is 0 Å². The first-order chi connectivity index (χ1) is 16.3. The van der Waals surface area contributed by atoms with Gasteiger partial charge in [-0.1, -0.05) is 48.5 Å². The van der Waals surface area contributed by atoms with E-state index in [9.17, 15) is 18.0 Å². The molecule has 178 valence electrons. The highest BCUT2D eigenvalue weighted by molar-refractivity contribution is 5.83. The standard InChI is InChI=1S/C26H25F3N2O3/c1-30-25(32)24(18-5-3-2-4-6-18)31-21(19-10-14-22-23(15-19)34-16-33-22)13-9-17-7-11-20(12-8-17)26(27,28)29/h2-8,10-12,14-15,21,24,31H,9,13,16H2,1H3,(H,30,32)/t21-,24+/m0/s1. The Labute approximate surface area is 195 Å². The number of hydrogen-bond donors (Lipinski definition) is 2. The van der Waals surface area contributed by atoms with Crippen LogP contribution in [0.3, 0.4) is 0 Å². The molecule has 2 atom stereocenters. The molecule has 0 saturated carbocycles. The molecule has 0 fully saturated rings. The maximum absolute atomic E-state index is 12.9. The minimum Gasteiger partial charge on any atom is -0.454 e. The van der Waals surface area contributed by atoms with Crippen LogP contribution in [-0.4, -0.2) is 19.7 Å². The highest BCUT2D eigenvalue weighted by Gasteiger charge is 2.30. The molecule has 3 aromatic rings. The fourth-order valence-electron chi connectivity index (χ4n) is 3.96. The second-order valence-corrected chi connectivity index (χ2v) is 8.02. The number of aryl methyl sites for hydroxylation is 1. The molecule has 0 unspecified atom stereocenters. The summed E-state index contributed by atoms with van der Waals surface area (Å²) in [5.74, 6) is 1.08. The molecule has 5 nitrogen and oxygen atoms in total. The summed E-state index contributed by atoms with van der Waals surface area (Å²) in [6.07, 6.45) is -3.31. The summed E-state index contributed by atoms with van der Waals surface area (Å²) in [6, 6.07) is 19.2. The number of carbonyl (C=O) groups is 1. The van der Waals surface area contributed by atoms with E-state index in [4.69, 9.17) is 9.47 Å². The second kappa shape index (κ2) is 10.2. The molecule has 3 aromatic carbocycles. The predicted octanol–water partition coefficient (Wildman–Crippen LogP) is 5.18. The van der Waals surface area contributed by atoms with Crippen molar-refractivity contribution in [2.75, 3.05) is 13.8 Å². The van der Waals surface area contributed by atoms with Crippen LogP contribution in [0.15, 0.2) is 72.8 Å². The van der Waals surface area contributed by atoms with Gasteiger partial charge >= 0.3 is 6.18 Å². The Kier molecular flexibility index (Phi) is 7.07. The molecule has 34 heavy (non-hydrogen) atoms. The fraction of sp³-hybridized carbons (Fsp3) is 0.269. The lowest BCUT2D eigenvalue weighted by molar-refractivity contribution is -0.137. The molecule has 1 heterocycles. The van der Waals surface area contributed by atoms with Crippen LogP contribution in [0.25, 0.3) is 0 Å². The molecule has 0 bridgehead atoms. The Hall–Kier alpha value is -3.52. The minimum atomic E-state index is -4.37. The van der Waals surface area contributed by atoms with E-state index < -0.39 is 17.8 Å². The van der Waals surface area contributed by atoms with E-state index in [1.807, 2.05) is 48.5 Å². The van der Waals surface area contributed by atoms with Crippen molar-refractivity contribution in [2.24, 2.45) is 0 Å². The van der Waals surface area contributed by atoms with Crippen LogP contribution >= 0.6 is 0 Å². The number of nitrogens with one attached hydrogen (secondary N) is 2. The Morgan fingerprint density at radius 2 is 1.65 bits per heavy atom. The Bertz CT molecular complexity index is 1120. The Balaban J connectivity index is 1.59. The van der Waals surface area contributed by atoms with Gasteiger partial charge in [-0.15, -0.1) is 0 Å². The van der Waals surface area contributed by atoms with E-state index in [-0.39, 0.29) is 18.7 Å². The average molecular weight is 470 g/mol. The summed E-state index contributed by atoms with van der Waals surface area (Å²) in [5, 5.41) is 6.15. The minimum absolute atomic E-state index is 0.146. The number of halogens is 3. The number of alkyl halides is 3. The van der Waals surface area contributed by atoms with Crippen LogP contribution < -0.4 is 20.1 Å². The number of benzene rings is 3. The number of amides is 1. The van der Waals surface area contributed by atoms with Crippen molar-refractivity contribution >= 4 is 5.91 Å². The van der Waals surface area contributed by atoms with Crippen molar-refractivity contribution < 1.29 is 27.4 Å². The molecule has 1 aliphatic heterocycles. The molecular formula is C26H25F3N2O3. The van der Waals surface area contributed by atoms with E-state index in [1.54, 1.807) is 7.05 Å². The topological polar surface area (TPSA) is 59.6 Å². The molecule has 8 heteroatoms. The second-order valence-electron chi connectivity index (χ2n) is 8.02. The van der Waals surface area contributed by atoms with Gasteiger partial charge in [0.2, 0.25) is 12.7 Å². The Morgan fingerprint density at radius 1 is 0.941 bits per heavy atom. The third-order valence-electron chi connectivity index (χ3n) is 5.81. The zero-order chi connectivity index (χ0) is 24.1. The fourth-order valence-corrected chi connectivity index (χ4v) is 3.96. The van der Waals surface area contributed by atoms with E-state index in [0.29, 0.717) is 24.3 Å². The third kappa shape index (κ3) is 5.51. The van der Waals surface area contributed by atoms with Crippen molar-refractivity contribution in [2.45, 2.75) is 31.1 Å². The molecule has 1 amide bonds. The first kappa shape index (κ1) is 23.6. The summed E-state index contributed by atoms with van der Waals surface area (Å²) >= 11 is 0. The maximum atomic E-state index is 12.9. The monoisotopic (exact) mass is 470 g/mol. The lowest BCUT2D eigenvalue weighted by Gasteiger charge is -2.26. The van der Waals surface area contributed by atoms with Gasteiger partial charge in [0.05, 0.1) is 5.56 Å². The molecule has 0 radical (unpaired) electrons. The zero-order valence-corrected chi connectivity index (χ0v) is 18.6. The lowest BCUT2D eigenvalue weighted by Crippen LogP contribution is -2.38. The Morgan fingerprint density at radius 3 is 2.32 bits per heavy atom. The van der Waals surface area contributed by atoms with Crippen LogP contribution in [0, 0.1) is 0 Å². The summed E-state index contributed by atoms with van der Waals surface area (Å²) < 4.78 is 49.7. The largest absolute Gasteiger partial charge is 0.454 e. The van der Waals surface area contributed by atoms with Crippen molar-refractivity contribution in [1.82, 2.24) is 10.6 Å². The highest BCUT2D eigenvalue weighted by atomic mass is 19.4. The van der Waals surface area contributed by atoms with E-state index in [2.05, 4.69) is 10.6 Å². The van der Waals surface area contributed by atoms with E-state index >= 15 is 0 Å². The summed E-state index contributed by atoms with van der Waals surface area (Å²) in [5.41, 5.74) is 1.80. The molecule has 1 aliphatic rings. The molecule has 0 saturated heterocycles. The van der Waals surface area contributed by atoms with Gasteiger partial charge < -0.3 is 14.8 Å². The van der Waals surface area contributed by atoms with Crippen LogP contribution in [-0.2, 0) is 17.4 Å². The summed E-state index contributed by atoms with van der Waals surface area (Å²) in [7, 11) is 1.58. The number of fused-ring (bicyclic) bond motifs is 1.